The van der Waals surface area contributed by atoms with E-state index in [1.165, 1.54) is 16.8 Å². The molecule has 4 heterocycles. The predicted octanol–water partition coefficient (Wildman–Crippen LogP) is 5.75. The average Bonchev–Trinajstić information content (AvgIpc) is 3.47. The van der Waals surface area contributed by atoms with E-state index in [1.807, 2.05) is 4.90 Å². The van der Waals surface area contributed by atoms with Crippen molar-refractivity contribution >= 4 is 17.3 Å². The normalized spacial score (nSPS) is 24.1. The Balaban J connectivity index is 1.32. The highest BCUT2D eigenvalue weighted by atomic mass is 19.4. The van der Waals surface area contributed by atoms with E-state index in [0.717, 1.165) is 25.3 Å². The second-order valence-electron chi connectivity index (χ2n) is 10.1. The van der Waals surface area contributed by atoms with Crippen LogP contribution in [0.25, 0.3) is 5.65 Å². The molecule has 0 spiro atoms. The van der Waals surface area contributed by atoms with Gasteiger partial charge in [-0.05, 0) is 61.8 Å². The van der Waals surface area contributed by atoms with Crippen molar-refractivity contribution in [1.29, 1.82) is 0 Å². The molecule has 0 amide bonds. The number of rotatable bonds is 6. The summed E-state index contributed by atoms with van der Waals surface area (Å²) in [6.45, 7) is 3.77. The van der Waals surface area contributed by atoms with Gasteiger partial charge < -0.3 is 15.0 Å². The van der Waals surface area contributed by atoms with Gasteiger partial charge in [0.05, 0.1) is 0 Å². The maximum absolute atomic E-state index is 13.2. The maximum atomic E-state index is 13.2. The fraction of sp³-hybridized carbons (Fsp3) is 0.560. The van der Waals surface area contributed by atoms with Crippen LogP contribution in [0.1, 0.15) is 37.6 Å². The molecule has 1 aliphatic carbocycles. The molecule has 4 atom stereocenters. The number of alkyl halides is 6. The number of nitrogens with zero attached hydrogens (tertiary/aromatic N) is 5. The minimum atomic E-state index is -4.50. The summed E-state index contributed by atoms with van der Waals surface area (Å²) in [5.41, 5.74) is 0.507. The monoisotopic (exact) mass is 542 g/mol. The SMILES string of the molecule is CC[C@H]1CC(Nc2nc3c(OCC(F)(F)F)ccc(C)n3n2)C[C@@H]2CN(c3ccnc(C(F)(F)F)c3)CC21. The summed E-state index contributed by atoms with van der Waals surface area (Å²) in [4.78, 5) is 9.91. The Kier molecular flexibility index (Phi) is 6.80. The highest BCUT2D eigenvalue weighted by molar-refractivity contribution is 5.57. The zero-order valence-electron chi connectivity index (χ0n) is 20.9. The van der Waals surface area contributed by atoms with Crippen molar-refractivity contribution in [2.75, 3.05) is 29.9 Å². The second kappa shape index (κ2) is 9.81. The molecule has 13 heteroatoms. The van der Waals surface area contributed by atoms with Gasteiger partial charge in [-0.15, -0.1) is 5.10 Å². The van der Waals surface area contributed by atoms with E-state index in [0.29, 0.717) is 42.3 Å². The first-order valence-corrected chi connectivity index (χ1v) is 12.5. The summed E-state index contributed by atoms with van der Waals surface area (Å²) in [5.74, 6) is 1.25. The van der Waals surface area contributed by atoms with E-state index in [1.54, 1.807) is 19.1 Å². The van der Waals surface area contributed by atoms with Crippen molar-refractivity contribution in [3.63, 3.8) is 0 Å². The number of ether oxygens (including phenoxy) is 1. The molecule has 0 bridgehead atoms. The van der Waals surface area contributed by atoms with Crippen LogP contribution in [0.15, 0.2) is 30.5 Å². The van der Waals surface area contributed by atoms with E-state index in [-0.39, 0.29) is 23.4 Å². The first-order valence-electron chi connectivity index (χ1n) is 12.5. The fourth-order valence-electron chi connectivity index (χ4n) is 5.83. The summed E-state index contributed by atoms with van der Waals surface area (Å²) < 4.78 is 84.0. The van der Waals surface area contributed by atoms with E-state index in [4.69, 9.17) is 4.74 Å². The molecule has 0 aromatic carbocycles. The summed E-state index contributed by atoms with van der Waals surface area (Å²) in [5, 5.41) is 7.81. The molecule has 38 heavy (non-hydrogen) atoms. The molecule has 1 N–H and O–H groups in total. The van der Waals surface area contributed by atoms with Crippen LogP contribution in [0.2, 0.25) is 0 Å². The van der Waals surface area contributed by atoms with Crippen LogP contribution in [0.3, 0.4) is 0 Å². The number of aromatic nitrogens is 4. The third-order valence-corrected chi connectivity index (χ3v) is 7.56. The summed E-state index contributed by atoms with van der Waals surface area (Å²) >= 11 is 0. The molecule has 2 unspecified atom stereocenters. The Labute approximate surface area is 215 Å². The molecule has 3 aromatic heterocycles. The number of anilines is 2. The lowest BCUT2D eigenvalue weighted by Gasteiger charge is -2.37. The van der Waals surface area contributed by atoms with Gasteiger partial charge in [-0.1, -0.05) is 13.3 Å². The average molecular weight is 543 g/mol. The lowest BCUT2D eigenvalue weighted by Crippen LogP contribution is -2.38. The van der Waals surface area contributed by atoms with Crippen LogP contribution < -0.4 is 15.0 Å². The van der Waals surface area contributed by atoms with Crippen molar-refractivity contribution in [2.24, 2.45) is 17.8 Å². The van der Waals surface area contributed by atoms with Gasteiger partial charge in [0.25, 0.3) is 0 Å². The molecule has 206 valence electrons. The molecule has 2 aliphatic rings. The van der Waals surface area contributed by atoms with E-state index in [9.17, 15) is 26.3 Å². The van der Waals surface area contributed by atoms with Crippen LogP contribution in [0.4, 0.5) is 38.0 Å². The summed E-state index contributed by atoms with van der Waals surface area (Å²) in [7, 11) is 0. The molecule has 0 radical (unpaired) electrons. The van der Waals surface area contributed by atoms with Gasteiger partial charge in [0, 0.05) is 36.7 Å². The van der Waals surface area contributed by atoms with Crippen LogP contribution in [0, 0.1) is 24.7 Å². The fourth-order valence-corrected chi connectivity index (χ4v) is 5.83. The van der Waals surface area contributed by atoms with Crippen LogP contribution in [-0.2, 0) is 6.18 Å². The van der Waals surface area contributed by atoms with Crippen molar-refractivity contribution < 1.29 is 31.1 Å². The standard InChI is InChI=1S/C25H28F6N6O/c1-3-15-8-17(9-16-11-36(12-19(15)16)18-6-7-32-21(10-18)25(29,30)31)33-23-34-22-20(38-13-24(26,27)28)5-4-14(2)37(22)35-23/h4-7,10,15-17,19H,3,8-9,11-13H2,1-2H3,(H,33,35)/t15-,16+,17?,19?/m0/s1. The molecule has 1 aliphatic heterocycles. The molecule has 7 nitrogen and oxygen atoms in total. The van der Waals surface area contributed by atoms with Crippen LogP contribution >= 0.6 is 0 Å². The lowest BCUT2D eigenvalue weighted by atomic mass is 9.71. The Hall–Kier alpha value is -3.25. The minimum absolute atomic E-state index is 0.00868. The van der Waals surface area contributed by atoms with E-state index < -0.39 is 24.7 Å². The number of hydrogen-bond acceptors (Lipinski definition) is 6. The van der Waals surface area contributed by atoms with Crippen molar-refractivity contribution in [2.45, 2.75) is 51.5 Å². The zero-order chi connectivity index (χ0) is 27.2. The number of pyridine rings is 2. The molecule has 1 saturated heterocycles. The smallest absolute Gasteiger partial charge is 0.433 e. The van der Waals surface area contributed by atoms with Gasteiger partial charge in [-0.3, -0.25) is 4.98 Å². The third-order valence-electron chi connectivity index (χ3n) is 7.56. The predicted molar refractivity (Wildman–Crippen MR) is 128 cm³/mol. The molecular weight excluding hydrogens is 514 g/mol. The topological polar surface area (TPSA) is 67.6 Å². The van der Waals surface area contributed by atoms with Crippen molar-refractivity contribution in [3.8, 4) is 5.75 Å². The first-order chi connectivity index (χ1) is 17.9. The van der Waals surface area contributed by atoms with Gasteiger partial charge in [0.2, 0.25) is 5.95 Å². The Bertz CT molecular complexity index is 1290. The first kappa shape index (κ1) is 26.4. The number of hydrogen-bond donors (Lipinski definition) is 1. The number of halogens is 6. The minimum Gasteiger partial charge on any atom is -0.480 e. The highest BCUT2D eigenvalue weighted by Crippen LogP contribution is 2.44. The Morgan fingerprint density at radius 2 is 1.87 bits per heavy atom. The molecule has 2 fully saturated rings. The summed E-state index contributed by atoms with van der Waals surface area (Å²) in [6, 6.07) is 5.80. The van der Waals surface area contributed by atoms with Crippen molar-refractivity contribution in [3.05, 3.63) is 41.9 Å². The second-order valence-corrected chi connectivity index (χ2v) is 10.1. The third kappa shape index (κ3) is 5.46. The lowest BCUT2D eigenvalue weighted by molar-refractivity contribution is -0.153. The molecule has 5 rings (SSSR count). The van der Waals surface area contributed by atoms with Gasteiger partial charge in [0.15, 0.2) is 18.0 Å². The summed E-state index contributed by atoms with van der Waals surface area (Å²) in [6.07, 6.45) is -5.24. The van der Waals surface area contributed by atoms with E-state index >= 15 is 0 Å². The van der Waals surface area contributed by atoms with E-state index in [2.05, 4.69) is 27.3 Å². The molecule has 1 saturated carbocycles. The Morgan fingerprint density at radius 3 is 2.58 bits per heavy atom. The van der Waals surface area contributed by atoms with Crippen LogP contribution in [0.5, 0.6) is 5.75 Å². The van der Waals surface area contributed by atoms with Gasteiger partial charge in [-0.25, -0.2) is 4.52 Å². The van der Waals surface area contributed by atoms with Gasteiger partial charge in [0.1, 0.15) is 5.69 Å². The van der Waals surface area contributed by atoms with Crippen LogP contribution in [-0.4, -0.2) is 51.5 Å². The van der Waals surface area contributed by atoms with Gasteiger partial charge >= 0.3 is 12.4 Å². The largest absolute Gasteiger partial charge is 0.480 e. The van der Waals surface area contributed by atoms with Gasteiger partial charge in [-0.2, -0.15) is 31.3 Å². The number of aryl methyl sites for hydroxylation is 1. The zero-order valence-corrected chi connectivity index (χ0v) is 20.9. The Morgan fingerprint density at radius 1 is 1.08 bits per heavy atom. The number of nitrogens with one attached hydrogen (secondary N) is 1. The maximum Gasteiger partial charge on any atom is 0.433 e. The number of fused-ring (bicyclic) bond motifs is 2. The highest BCUT2D eigenvalue weighted by Gasteiger charge is 2.43. The quantitative estimate of drug-likeness (QED) is 0.401. The van der Waals surface area contributed by atoms with Crippen molar-refractivity contribution in [1.82, 2.24) is 19.6 Å². The molecular formula is C25H28F6N6O. The molecule has 3 aromatic rings.